The first-order chi connectivity index (χ1) is 13.9. The molecule has 2 aromatic rings. The Bertz CT molecular complexity index is 879. The summed E-state index contributed by atoms with van der Waals surface area (Å²) in [5.41, 5.74) is 1.19. The summed E-state index contributed by atoms with van der Waals surface area (Å²) >= 11 is 0. The molecule has 1 atom stereocenters. The van der Waals surface area contributed by atoms with E-state index in [0.29, 0.717) is 35.3 Å². The topological polar surface area (TPSA) is 83.1 Å². The molecule has 0 aliphatic carbocycles. The van der Waals surface area contributed by atoms with Gasteiger partial charge in [-0.25, -0.2) is 4.79 Å². The Hall–Kier alpha value is -3.22. The Kier molecular flexibility index (Phi) is 6.59. The third-order valence-electron chi connectivity index (χ3n) is 4.21. The Morgan fingerprint density at radius 3 is 2.66 bits per heavy atom. The number of rotatable bonds is 8. The highest BCUT2D eigenvalue weighted by atomic mass is 16.7. The van der Waals surface area contributed by atoms with Gasteiger partial charge < -0.3 is 24.3 Å². The van der Waals surface area contributed by atoms with E-state index < -0.39 is 12.1 Å². The monoisotopic (exact) mass is 399 g/mol. The minimum atomic E-state index is -0.934. The zero-order valence-electron chi connectivity index (χ0n) is 16.8. The molecule has 154 valence electrons. The van der Waals surface area contributed by atoms with Crippen LogP contribution in [-0.4, -0.2) is 31.4 Å². The van der Waals surface area contributed by atoms with Crippen molar-refractivity contribution >= 4 is 11.9 Å². The number of hydrogen-bond acceptors (Lipinski definition) is 6. The maximum absolute atomic E-state index is 12.4. The van der Waals surface area contributed by atoms with Crippen LogP contribution in [0.5, 0.6) is 17.2 Å². The summed E-state index contributed by atoms with van der Waals surface area (Å²) in [6, 6.07) is 12.2. The van der Waals surface area contributed by atoms with E-state index in [1.165, 1.54) is 6.92 Å². The molecule has 29 heavy (non-hydrogen) atoms. The molecule has 7 heteroatoms. The van der Waals surface area contributed by atoms with Crippen LogP contribution in [-0.2, 0) is 16.1 Å². The summed E-state index contributed by atoms with van der Waals surface area (Å²) in [6.07, 6.45) is -0.934. The number of nitrogens with one attached hydrogen (secondary N) is 1. The van der Waals surface area contributed by atoms with Crippen molar-refractivity contribution in [1.29, 1.82) is 0 Å². The quantitative estimate of drug-likeness (QED) is 0.686. The van der Waals surface area contributed by atoms with Crippen molar-refractivity contribution in [3.05, 3.63) is 53.6 Å². The number of fused-ring (bicyclic) bond motifs is 1. The highest BCUT2D eigenvalue weighted by Gasteiger charge is 2.20. The summed E-state index contributed by atoms with van der Waals surface area (Å²) in [7, 11) is 0. The SMILES string of the molecule is CC(C)COc1cccc(C(=O)O[C@@H](C)C(=O)NCc2ccc3c(c2)OCO3)c1. The molecule has 0 spiro atoms. The Labute approximate surface area is 169 Å². The van der Waals surface area contributed by atoms with Crippen LogP contribution < -0.4 is 19.5 Å². The molecule has 1 heterocycles. The molecule has 7 nitrogen and oxygen atoms in total. The molecule has 1 aliphatic rings. The Morgan fingerprint density at radius 2 is 1.86 bits per heavy atom. The Balaban J connectivity index is 1.51. The van der Waals surface area contributed by atoms with Crippen LogP contribution in [0.15, 0.2) is 42.5 Å². The van der Waals surface area contributed by atoms with Gasteiger partial charge in [0.2, 0.25) is 6.79 Å². The molecular formula is C22H25NO6. The van der Waals surface area contributed by atoms with Gasteiger partial charge in [-0.15, -0.1) is 0 Å². The van der Waals surface area contributed by atoms with Crippen molar-refractivity contribution in [3.63, 3.8) is 0 Å². The maximum atomic E-state index is 12.4. The number of esters is 1. The lowest BCUT2D eigenvalue weighted by Crippen LogP contribution is -2.35. The summed E-state index contributed by atoms with van der Waals surface area (Å²) in [4.78, 5) is 24.7. The highest BCUT2D eigenvalue weighted by molar-refractivity contribution is 5.92. The maximum Gasteiger partial charge on any atom is 0.339 e. The first kappa shape index (κ1) is 20.5. The molecule has 0 aromatic heterocycles. The molecule has 0 fully saturated rings. The normalized spacial score (nSPS) is 13.1. The lowest BCUT2D eigenvalue weighted by atomic mass is 10.2. The van der Waals surface area contributed by atoms with Gasteiger partial charge in [0, 0.05) is 6.54 Å². The van der Waals surface area contributed by atoms with E-state index in [9.17, 15) is 9.59 Å². The molecule has 0 radical (unpaired) electrons. The van der Waals surface area contributed by atoms with Crippen LogP contribution in [0.1, 0.15) is 36.7 Å². The summed E-state index contributed by atoms with van der Waals surface area (Å²) in [5, 5.41) is 2.75. The summed E-state index contributed by atoms with van der Waals surface area (Å²) in [6.45, 7) is 6.66. The van der Waals surface area contributed by atoms with Gasteiger partial charge in [0.15, 0.2) is 17.6 Å². The van der Waals surface area contributed by atoms with Crippen molar-refractivity contribution in [3.8, 4) is 17.2 Å². The van der Waals surface area contributed by atoms with Crippen molar-refractivity contribution in [2.75, 3.05) is 13.4 Å². The lowest BCUT2D eigenvalue weighted by Gasteiger charge is -2.14. The van der Waals surface area contributed by atoms with Gasteiger partial charge in [0.05, 0.1) is 12.2 Å². The second-order valence-electron chi connectivity index (χ2n) is 7.19. The fraction of sp³-hybridized carbons (Fsp3) is 0.364. The smallest absolute Gasteiger partial charge is 0.339 e. The van der Waals surface area contributed by atoms with E-state index in [0.717, 1.165) is 5.56 Å². The molecule has 1 N–H and O–H groups in total. The zero-order valence-corrected chi connectivity index (χ0v) is 16.8. The minimum absolute atomic E-state index is 0.196. The van der Waals surface area contributed by atoms with Gasteiger partial charge in [-0.2, -0.15) is 0 Å². The lowest BCUT2D eigenvalue weighted by molar-refractivity contribution is -0.129. The predicted octanol–water partition coefficient (Wildman–Crippen LogP) is 3.31. The van der Waals surface area contributed by atoms with Crippen LogP contribution in [0.4, 0.5) is 0 Å². The summed E-state index contributed by atoms with van der Waals surface area (Å²) < 4.78 is 21.5. The number of ether oxygens (including phenoxy) is 4. The first-order valence-corrected chi connectivity index (χ1v) is 9.52. The average molecular weight is 399 g/mol. The van der Waals surface area contributed by atoms with E-state index in [1.54, 1.807) is 30.3 Å². The average Bonchev–Trinajstić information content (AvgIpc) is 3.18. The number of amides is 1. The van der Waals surface area contributed by atoms with Gasteiger partial charge in [0.25, 0.3) is 5.91 Å². The number of hydrogen-bond donors (Lipinski definition) is 1. The fourth-order valence-corrected chi connectivity index (χ4v) is 2.64. The van der Waals surface area contributed by atoms with Crippen molar-refractivity contribution in [2.45, 2.75) is 33.4 Å². The molecule has 0 unspecified atom stereocenters. The van der Waals surface area contributed by atoms with Gasteiger partial charge in [0.1, 0.15) is 5.75 Å². The van der Waals surface area contributed by atoms with Crippen molar-refractivity contribution in [2.24, 2.45) is 5.92 Å². The van der Waals surface area contributed by atoms with Crippen molar-refractivity contribution in [1.82, 2.24) is 5.32 Å². The van der Waals surface area contributed by atoms with E-state index in [-0.39, 0.29) is 19.2 Å². The largest absolute Gasteiger partial charge is 0.493 e. The predicted molar refractivity (Wildman–Crippen MR) is 106 cm³/mol. The van der Waals surface area contributed by atoms with Crippen LogP contribution in [0.25, 0.3) is 0 Å². The van der Waals surface area contributed by atoms with Crippen molar-refractivity contribution < 1.29 is 28.5 Å². The van der Waals surface area contributed by atoms with E-state index in [4.69, 9.17) is 18.9 Å². The Morgan fingerprint density at radius 1 is 1.07 bits per heavy atom. The third-order valence-corrected chi connectivity index (χ3v) is 4.21. The molecule has 0 bridgehead atoms. The molecule has 1 amide bonds. The number of benzene rings is 2. The number of carbonyl (C=O) groups excluding carboxylic acids is 2. The number of carbonyl (C=O) groups is 2. The van der Waals surface area contributed by atoms with Crippen LogP contribution >= 0.6 is 0 Å². The third kappa shape index (κ3) is 5.63. The van der Waals surface area contributed by atoms with Gasteiger partial charge in [-0.1, -0.05) is 26.0 Å². The van der Waals surface area contributed by atoms with Crippen LogP contribution in [0.3, 0.4) is 0 Å². The van der Waals surface area contributed by atoms with Crippen LogP contribution in [0, 0.1) is 5.92 Å². The second kappa shape index (κ2) is 9.32. The molecular weight excluding hydrogens is 374 g/mol. The molecule has 1 aliphatic heterocycles. The molecule has 3 rings (SSSR count). The van der Waals surface area contributed by atoms with E-state index in [2.05, 4.69) is 5.32 Å². The zero-order chi connectivity index (χ0) is 20.8. The standard InChI is InChI=1S/C22H25NO6/c1-14(2)12-26-18-6-4-5-17(10-18)22(25)29-15(3)21(24)23-11-16-7-8-19-20(9-16)28-13-27-19/h4-10,14-15H,11-13H2,1-3H3,(H,23,24)/t15-/m0/s1. The van der Waals surface area contributed by atoms with Gasteiger partial charge >= 0.3 is 5.97 Å². The van der Waals surface area contributed by atoms with E-state index in [1.807, 2.05) is 26.0 Å². The van der Waals surface area contributed by atoms with E-state index >= 15 is 0 Å². The van der Waals surface area contributed by atoms with Gasteiger partial charge in [-0.3, -0.25) is 4.79 Å². The summed E-state index contributed by atoms with van der Waals surface area (Å²) in [5.74, 6) is 1.33. The van der Waals surface area contributed by atoms with Gasteiger partial charge in [-0.05, 0) is 48.7 Å². The molecule has 0 saturated carbocycles. The molecule has 0 saturated heterocycles. The molecule has 2 aromatic carbocycles. The first-order valence-electron chi connectivity index (χ1n) is 9.52. The highest BCUT2D eigenvalue weighted by Crippen LogP contribution is 2.32. The minimum Gasteiger partial charge on any atom is -0.493 e. The van der Waals surface area contributed by atoms with Crippen LogP contribution in [0.2, 0.25) is 0 Å². The fourth-order valence-electron chi connectivity index (χ4n) is 2.64. The second-order valence-corrected chi connectivity index (χ2v) is 7.19.